The summed E-state index contributed by atoms with van der Waals surface area (Å²) >= 11 is 0. The molecule has 2 aliphatic rings. The third-order valence-corrected chi connectivity index (χ3v) is 5.15. The van der Waals surface area contributed by atoms with Gasteiger partial charge in [0.05, 0.1) is 0 Å². The first-order valence-corrected chi connectivity index (χ1v) is 11.2. The zero-order valence-electron chi connectivity index (χ0n) is 20.2. The molecule has 37 heavy (non-hydrogen) atoms. The molecule has 0 bridgehead atoms. The first kappa shape index (κ1) is 35.3. The minimum Gasteiger partial charge on any atom is -0.870 e. The molecule has 4 rings (SSSR count). The van der Waals surface area contributed by atoms with Gasteiger partial charge in [0.15, 0.2) is 24.1 Å². The number of aliphatic hydroxyl groups is 1. The van der Waals surface area contributed by atoms with Crippen LogP contribution in [0.25, 0.3) is 0 Å². The van der Waals surface area contributed by atoms with Crippen LogP contribution >= 0.6 is 0 Å². The molecule has 0 spiro atoms. The standard InChI is InChI=1S/C12H16O6.C11H14O5.CH4.Na.H2O/c13-6-10-12(15)9(14)5-8(18-10)7-17-11-3-1-2-4-16-11;12-9-5-8(15-7-10(9)13)6-16-11-3-1-2-4-14-11;;;/h5,11,13,15H,1-4,6-7H2;5,7,11,13H,1-4,6H2;1H4;;1H2/q;;;+1;/p-1. The van der Waals surface area contributed by atoms with Crippen LogP contribution in [0.4, 0.5) is 0 Å². The van der Waals surface area contributed by atoms with E-state index in [4.69, 9.17) is 38.0 Å². The van der Waals surface area contributed by atoms with E-state index < -0.39 is 29.0 Å². The smallest absolute Gasteiger partial charge is 0.870 e. The van der Waals surface area contributed by atoms with E-state index in [9.17, 15) is 14.7 Å². The van der Waals surface area contributed by atoms with Gasteiger partial charge in [-0.3, -0.25) is 9.59 Å². The molecule has 0 aliphatic carbocycles. The van der Waals surface area contributed by atoms with Gasteiger partial charge >= 0.3 is 29.6 Å². The van der Waals surface area contributed by atoms with Crippen molar-refractivity contribution in [2.45, 2.75) is 78.4 Å². The third-order valence-electron chi connectivity index (χ3n) is 5.15. The van der Waals surface area contributed by atoms with Crippen LogP contribution in [0.1, 0.15) is 63.2 Å². The van der Waals surface area contributed by atoms with Gasteiger partial charge in [-0.2, -0.15) is 0 Å². The first-order chi connectivity index (χ1) is 16.5. The molecule has 4 N–H and O–H groups in total. The predicted octanol–water partition coefficient (Wildman–Crippen LogP) is -0.267. The topological polar surface area (TPSA) is 188 Å². The molecule has 12 nitrogen and oxygen atoms in total. The Hall–Kier alpha value is -1.74. The van der Waals surface area contributed by atoms with Crippen molar-refractivity contribution in [3.63, 3.8) is 0 Å². The second-order valence-electron chi connectivity index (χ2n) is 7.82. The molecule has 2 aromatic rings. The molecule has 204 valence electrons. The largest absolute Gasteiger partial charge is 1.00 e. The molecule has 0 radical (unpaired) electrons. The van der Waals surface area contributed by atoms with E-state index in [0.717, 1.165) is 50.9 Å². The Kier molecular flexibility index (Phi) is 17.6. The second kappa shape index (κ2) is 18.5. The summed E-state index contributed by atoms with van der Waals surface area (Å²) in [6, 6.07) is 2.37. The molecule has 0 amide bonds. The summed E-state index contributed by atoms with van der Waals surface area (Å²) in [5.41, 5.74) is -1.05. The monoisotopic (exact) mass is 538 g/mol. The van der Waals surface area contributed by atoms with Gasteiger partial charge in [0.2, 0.25) is 16.6 Å². The van der Waals surface area contributed by atoms with Crippen molar-refractivity contribution in [2.24, 2.45) is 0 Å². The van der Waals surface area contributed by atoms with Crippen LogP contribution in [0.15, 0.2) is 36.8 Å². The summed E-state index contributed by atoms with van der Waals surface area (Å²) in [6.07, 6.45) is 6.43. The molecule has 0 saturated carbocycles. The number of hydrogen-bond donors (Lipinski definition) is 3. The Morgan fingerprint density at radius 2 is 1.41 bits per heavy atom. The molecule has 2 fully saturated rings. The van der Waals surface area contributed by atoms with Gasteiger partial charge in [0, 0.05) is 25.3 Å². The van der Waals surface area contributed by atoms with Crippen LogP contribution in [0.5, 0.6) is 11.5 Å². The number of aliphatic hydroxyl groups excluding tert-OH is 1. The molecular weight excluding hydrogens is 503 g/mol. The van der Waals surface area contributed by atoms with Crippen molar-refractivity contribution in [1.82, 2.24) is 0 Å². The fourth-order valence-corrected chi connectivity index (χ4v) is 3.32. The molecule has 13 heteroatoms. The van der Waals surface area contributed by atoms with Gasteiger partial charge in [-0.25, -0.2) is 0 Å². The Labute approximate surface area is 236 Å². The molecule has 2 unspecified atom stereocenters. The van der Waals surface area contributed by atoms with Crippen LogP contribution in [0.2, 0.25) is 0 Å². The van der Waals surface area contributed by atoms with Crippen LogP contribution in [0.3, 0.4) is 0 Å². The summed E-state index contributed by atoms with van der Waals surface area (Å²) in [5, 5.41) is 27.2. The van der Waals surface area contributed by atoms with Crippen molar-refractivity contribution in [3.8, 4) is 11.5 Å². The number of ether oxygens (including phenoxy) is 4. The number of rotatable bonds is 7. The molecule has 2 aromatic heterocycles. The maximum absolute atomic E-state index is 11.4. The summed E-state index contributed by atoms with van der Waals surface area (Å²) < 4.78 is 31.8. The van der Waals surface area contributed by atoms with Crippen LogP contribution in [0, 0.1) is 0 Å². The quantitative estimate of drug-likeness (QED) is 0.392. The molecule has 4 heterocycles. The van der Waals surface area contributed by atoms with E-state index in [0.29, 0.717) is 19.0 Å². The Balaban J connectivity index is 0.000000651. The Morgan fingerprint density at radius 1 is 0.865 bits per heavy atom. The van der Waals surface area contributed by atoms with Gasteiger partial charge in [0.1, 0.15) is 37.6 Å². The molecule has 2 atom stereocenters. The maximum Gasteiger partial charge on any atom is 1.00 e. The van der Waals surface area contributed by atoms with E-state index in [-0.39, 0.29) is 79.8 Å². The second-order valence-corrected chi connectivity index (χ2v) is 7.82. The van der Waals surface area contributed by atoms with E-state index in [2.05, 4.69) is 0 Å². The van der Waals surface area contributed by atoms with E-state index in [1.54, 1.807) is 0 Å². The number of aromatic hydroxyl groups is 2. The van der Waals surface area contributed by atoms with Crippen molar-refractivity contribution in [3.05, 3.63) is 56.1 Å². The van der Waals surface area contributed by atoms with Crippen molar-refractivity contribution in [2.75, 3.05) is 13.2 Å². The molecule has 0 aromatic carbocycles. The summed E-state index contributed by atoms with van der Waals surface area (Å²) in [4.78, 5) is 22.5. The summed E-state index contributed by atoms with van der Waals surface area (Å²) in [5.74, 6) is -0.452. The van der Waals surface area contributed by atoms with Crippen molar-refractivity contribution in [1.29, 1.82) is 0 Å². The normalized spacial score (nSPS) is 18.7. The molecular formula is C24H35NaO12. The van der Waals surface area contributed by atoms with Crippen LogP contribution in [-0.4, -0.2) is 46.6 Å². The fraction of sp³-hybridized carbons (Fsp3) is 0.583. The van der Waals surface area contributed by atoms with Crippen LogP contribution in [-0.2, 0) is 38.8 Å². The average molecular weight is 539 g/mol. The van der Waals surface area contributed by atoms with Gasteiger partial charge in [-0.1, -0.05) is 7.43 Å². The zero-order chi connectivity index (χ0) is 24.3. The number of hydrogen-bond acceptors (Lipinski definition) is 12. The minimum atomic E-state index is -0.589. The van der Waals surface area contributed by atoms with Gasteiger partial charge < -0.3 is 48.6 Å². The summed E-state index contributed by atoms with van der Waals surface area (Å²) in [7, 11) is 0. The van der Waals surface area contributed by atoms with E-state index in [1.807, 2.05) is 0 Å². The van der Waals surface area contributed by atoms with Crippen LogP contribution < -0.4 is 40.4 Å². The predicted molar refractivity (Wildman–Crippen MR) is 125 cm³/mol. The van der Waals surface area contributed by atoms with E-state index in [1.165, 1.54) is 6.07 Å². The van der Waals surface area contributed by atoms with Crippen molar-refractivity contribution >= 4 is 0 Å². The summed E-state index contributed by atoms with van der Waals surface area (Å²) in [6.45, 7) is 1.11. The zero-order valence-corrected chi connectivity index (χ0v) is 22.2. The van der Waals surface area contributed by atoms with Gasteiger partial charge in [-0.15, -0.1) is 0 Å². The third kappa shape index (κ3) is 11.7. The van der Waals surface area contributed by atoms with E-state index >= 15 is 0 Å². The maximum atomic E-state index is 11.4. The fourth-order valence-electron chi connectivity index (χ4n) is 3.32. The van der Waals surface area contributed by atoms with Crippen molar-refractivity contribution < 1.29 is 78.1 Å². The SMILES string of the molecule is C.O=c1cc(COC2CCCCO2)oc(CO)c1O.O=c1cc(COC2CCCCO2)occ1O.[Na+].[OH-]. The average Bonchev–Trinajstić information content (AvgIpc) is 2.87. The molecule has 2 saturated heterocycles. The first-order valence-electron chi connectivity index (χ1n) is 11.2. The molecule has 2 aliphatic heterocycles. The Bertz CT molecular complexity index is 1010. The van der Waals surface area contributed by atoms with Gasteiger partial charge in [0.25, 0.3) is 0 Å². The Morgan fingerprint density at radius 3 is 1.89 bits per heavy atom. The van der Waals surface area contributed by atoms with Gasteiger partial charge in [-0.05, 0) is 38.5 Å². The minimum absolute atomic E-state index is 0.